The highest BCUT2D eigenvalue weighted by molar-refractivity contribution is 8.17. The summed E-state index contributed by atoms with van der Waals surface area (Å²) in [6.45, 7) is 1.43. The van der Waals surface area contributed by atoms with Crippen LogP contribution in [0.2, 0.25) is 0 Å². The lowest BCUT2D eigenvalue weighted by Crippen LogP contribution is -2.68. The molecule has 2 aliphatic heterocycles. The van der Waals surface area contributed by atoms with E-state index in [1.54, 1.807) is 0 Å². The average molecular weight is 441 g/mol. The number of nitrogens with zero attached hydrogens (tertiary/aromatic N) is 1. The van der Waals surface area contributed by atoms with Crippen molar-refractivity contribution in [3.05, 3.63) is 82.4 Å². The fraction of sp³-hybridized carbons (Fsp3) is 0.227. The van der Waals surface area contributed by atoms with Gasteiger partial charge in [-0.25, -0.2) is 4.79 Å². The second-order valence-corrected chi connectivity index (χ2v) is 9.28. The van der Waals surface area contributed by atoms with E-state index in [2.05, 4.69) is 0 Å². The number of thioether (sulfide) groups is 2. The van der Waals surface area contributed by atoms with Crippen LogP contribution < -0.4 is 5.73 Å². The third kappa shape index (κ3) is 3.90. The predicted molar refractivity (Wildman–Crippen MR) is 117 cm³/mol. The molecule has 1 amide bonds. The normalized spacial score (nSPS) is 20.6. The van der Waals surface area contributed by atoms with Crippen molar-refractivity contribution in [1.29, 1.82) is 0 Å². The fourth-order valence-corrected chi connectivity index (χ4v) is 5.68. The van der Waals surface area contributed by atoms with Gasteiger partial charge in [0.25, 0.3) is 0 Å². The van der Waals surface area contributed by atoms with Gasteiger partial charge in [0.1, 0.15) is 17.1 Å². The Kier molecular flexibility index (Phi) is 5.99. The van der Waals surface area contributed by atoms with E-state index in [1.165, 1.54) is 23.6 Å². The molecule has 2 aromatic carbocycles. The van der Waals surface area contributed by atoms with Crippen LogP contribution in [0.25, 0.3) is 0 Å². The Labute approximate surface area is 182 Å². The van der Waals surface area contributed by atoms with Crippen molar-refractivity contribution >= 4 is 40.5 Å². The van der Waals surface area contributed by atoms with Gasteiger partial charge in [-0.2, -0.15) is 0 Å². The van der Waals surface area contributed by atoms with Gasteiger partial charge in [-0.15, -0.1) is 11.8 Å². The Balaban J connectivity index is 1.70. The van der Waals surface area contributed by atoms with Crippen molar-refractivity contribution in [2.75, 3.05) is 5.75 Å². The van der Waals surface area contributed by atoms with E-state index in [0.717, 1.165) is 22.9 Å². The molecular weight excluding hydrogens is 420 g/mol. The predicted octanol–water partition coefficient (Wildman–Crippen LogP) is 3.05. The first kappa shape index (κ1) is 20.7. The lowest BCUT2D eigenvalue weighted by atomic mass is 10.0. The molecule has 2 heterocycles. The number of carbonyl (C=O) groups excluding carboxylic acids is 3. The molecule has 2 N–H and O–H groups in total. The Morgan fingerprint density at radius 3 is 2.20 bits per heavy atom. The van der Waals surface area contributed by atoms with Gasteiger partial charge in [-0.3, -0.25) is 14.5 Å². The maximum Gasteiger partial charge on any atom is 0.356 e. The maximum atomic E-state index is 13.3. The van der Waals surface area contributed by atoms with Gasteiger partial charge in [0.05, 0.1) is 0 Å². The Bertz CT molecular complexity index is 971. The molecule has 6 nitrogen and oxygen atoms in total. The van der Waals surface area contributed by atoms with Gasteiger partial charge in [0.2, 0.25) is 5.91 Å². The van der Waals surface area contributed by atoms with Crippen molar-refractivity contribution in [3.63, 3.8) is 0 Å². The molecule has 2 atom stereocenters. The van der Waals surface area contributed by atoms with Gasteiger partial charge in [0.15, 0.2) is 11.2 Å². The molecule has 2 aliphatic rings. The standard InChI is InChI=1S/C22H20N2O4S2/c1-13(25)30-16-12-29-21-17(23)20(26)24(21)18(16)22(27)28-19(14-8-4-2-5-9-14)15-10-6-3-7-11-15/h2-11,17,19,21H,12,23H2,1H3. The highest BCUT2D eigenvalue weighted by atomic mass is 32.2. The van der Waals surface area contributed by atoms with E-state index in [4.69, 9.17) is 10.5 Å². The molecule has 8 heteroatoms. The summed E-state index contributed by atoms with van der Waals surface area (Å²) < 4.78 is 5.94. The molecule has 0 aliphatic carbocycles. The monoisotopic (exact) mass is 440 g/mol. The second-order valence-electron chi connectivity index (χ2n) is 6.91. The molecule has 2 unspecified atom stereocenters. The smallest absolute Gasteiger partial charge is 0.356 e. The van der Waals surface area contributed by atoms with E-state index in [0.29, 0.717) is 10.7 Å². The second kappa shape index (κ2) is 8.67. The van der Waals surface area contributed by atoms with Crippen LogP contribution >= 0.6 is 23.5 Å². The van der Waals surface area contributed by atoms with Crippen LogP contribution in [0.1, 0.15) is 24.2 Å². The number of esters is 1. The van der Waals surface area contributed by atoms with Crippen molar-refractivity contribution in [1.82, 2.24) is 4.90 Å². The van der Waals surface area contributed by atoms with Gasteiger partial charge in [-0.05, 0) is 11.1 Å². The van der Waals surface area contributed by atoms with Crippen LogP contribution in [0.15, 0.2) is 71.3 Å². The van der Waals surface area contributed by atoms with E-state index in [1.807, 2.05) is 60.7 Å². The first-order valence-corrected chi connectivity index (χ1v) is 11.3. The molecule has 0 aromatic heterocycles. The van der Waals surface area contributed by atoms with Crippen LogP contribution in [0.5, 0.6) is 0 Å². The lowest BCUT2D eigenvalue weighted by molar-refractivity contribution is -0.152. The highest BCUT2D eigenvalue weighted by Crippen LogP contribution is 2.43. The third-order valence-corrected chi connectivity index (χ3v) is 7.22. The molecular formula is C22H20N2O4S2. The highest BCUT2D eigenvalue weighted by Gasteiger charge is 2.52. The summed E-state index contributed by atoms with van der Waals surface area (Å²) in [5, 5.41) is -0.474. The Morgan fingerprint density at radius 1 is 1.10 bits per heavy atom. The minimum absolute atomic E-state index is 0.127. The molecule has 1 fully saturated rings. The fourth-order valence-electron chi connectivity index (χ4n) is 3.48. The van der Waals surface area contributed by atoms with Crippen molar-refractivity contribution in [2.24, 2.45) is 5.73 Å². The summed E-state index contributed by atoms with van der Waals surface area (Å²) >= 11 is 2.41. The van der Waals surface area contributed by atoms with E-state index in [9.17, 15) is 14.4 Å². The maximum absolute atomic E-state index is 13.3. The summed E-state index contributed by atoms with van der Waals surface area (Å²) in [6, 6.07) is 18.2. The van der Waals surface area contributed by atoms with Gasteiger partial charge in [-0.1, -0.05) is 72.4 Å². The first-order chi connectivity index (χ1) is 14.5. The van der Waals surface area contributed by atoms with Crippen molar-refractivity contribution in [3.8, 4) is 0 Å². The summed E-state index contributed by atoms with van der Waals surface area (Å²) in [5.74, 6) is -0.545. The molecule has 0 radical (unpaired) electrons. The summed E-state index contributed by atoms with van der Waals surface area (Å²) in [4.78, 5) is 39.4. The molecule has 2 aromatic rings. The number of carbonyl (C=O) groups is 3. The Hall–Kier alpha value is -2.55. The third-order valence-electron chi connectivity index (χ3n) is 4.86. The minimum atomic E-state index is -0.652. The molecule has 0 spiro atoms. The first-order valence-electron chi connectivity index (χ1n) is 9.40. The van der Waals surface area contributed by atoms with Crippen LogP contribution in [0, 0.1) is 0 Å². The molecule has 154 valence electrons. The number of ether oxygens (including phenoxy) is 1. The van der Waals surface area contributed by atoms with Crippen molar-refractivity contribution < 1.29 is 19.1 Å². The lowest BCUT2D eigenvalue weighted by Gasteiger charge is -2.48. The van der Waals surface area contributed by atoms with Crippen molar-refractivity contribution in [2.45, 2.75) is 24.4 Å². The molecule has 4 rings (SSSR count). The minimum Gasteiger partial charge on any atom is -0.448 e. The van der Waals surface area contributed by atoms with E-state index >= 15 is 0 Å². The number of hydrogen-bond acceptors (Lipinski definition) is 7. The molecule has 0 bridgehead atoms. The molecule has 30 heavy (non-hydrogen) atoms. The van der Waals surface area contributed by atoms with Gasteiger partial charge < -0.3 is 10.5 Å². The summed E-state index contributed by atoms with van der Waals surface area (Å²) in [5.41, 5.74) is 7.66. The molecule has 1 saturated heterocycles. The van der Waals surface area contributed by atoms with E-state index in [-0.39, 0.29) is 22.1 Å². The summed E-state index contributed by atoms with van der Waals surface area (Å²) in [6.07, 6.45) is -0.644. The SMILES string of the molecule is CC(=O)SC1=C(C(=O)OC(c2ccccc2)c2ccccc2)N2C(=O)C(N)C2SC1. The number of benzene rings is 2. The number of rotatable bonds is 5. The van der Waals surface area contributed by atoms with Gasteiger partial charge in [0, 0.05) is 17.6 Å². The zero-order valence-corrected chi connectivity index (χ0v) is 17.8. The zero-order chi connectivity index (χ0) is 21.3. The van der Waals surface area contributed by atoms with Crippen LogP contribution in [0.4, 0.5) is 0 Å². The largest absolute Gasteiger partial charge is 0.448 e. The van der Waals surface area contributed by atoms with Crippen LogP contribution in [-0.2, 0) is 19.1 Å². The molecule has 0 saturated carbocycles. The summed E-state index contributed by atoms with van der Waals surface area (Å²) in [7, 11) is 0. The van der Waals surface area contributed by atoms with E-state index < -0.39 is 18.1 Å². The average Bonchev–Trinajstić information content (AvgIpc) is 2.77. The number of β-lactam (4-membered cyclic amide) rings is 1. The number of fused-ring (bicyclic) bond motifs is 1. The van der Waals surface area contributed by atoms with Crippen LogP contribution in [-0.4, -0.2) is 39.1 Å². The Morgan fingerprint density at radius 2 is 1.67 bits per heavy atom. The van der Waals surface area contributed by atoms with Crippen LogP contribution in [0.3, 0.4) is 0 Å². The quantitative estimate of drug-likeness (QED) is 0.565. The zero-order valence-electron chi connectivity index (χ0n) is 16.2. The van der Waals surface area contributed by atoms with Gasteiger partial charge >= 0.3 is 5.97 Å². The topological polar surface area (TPSA) is 89.7 Å². The number of amides is 1. The number of hydrogen-bond donors (Lipinski definition) is 1. The number of nitrogens with two attached hydrogens (primary N) is 1.